The molecule has 0 saturated carbocycles. The Morgan fingerprint density at radius 1 is 1.00 bits per heavy atom. The SMILES string of the molecule is CC(C)C1CCCC(CC(C)N2CCCN(I)CC2)N(C)C1. The van der Waals surface area contributed by atoms with Gasteiger partial charge in [0.05, 0.1) is 0 Å². The van der Waals surface area contributed by atoms with E-state index in [4.69, 9.17) is 0 Å². The second-order valence-corrected chi connectivity index (χ2v) is 9.28. The standard InChI is InChI=1S/C18H36IN3/c1-15(2)17-7-5-8-18(20(4)14-17)13-16(3)21-9-6-10-22(19)12-11-21/h15-18H,5-14H2,1-4H3. The summed E-state index contributed by atoms with van der Waals surface area (Å²) in [6, 6.07) is 1.52. The highest BCUT2D eigenvalue weighted by molar-refractivity contribution is 14.1. The van der Waals surface area contributed by atoms with E-state index in [0.29, 0.717) is 0 Å². The molecular weight excluding hydrogens is 385 g/mol. The molecule has 2 aliphatic rings. The van der Waals surface area contributed by atoms with Gasteiger partial charge in [-0.05, 0) is 58.0 Å². The fraction of sp³-hybridized carbons (Fsp3) is 1.00. The maximum absolute atomic E-state index is 2.73. The van der Waals surface area contributed by atoms with Crippen LogP contribution in [0.25, 0.3) is 0 Å². The van der Waals surface area contributed by atoms with Crippen LogP contribution in [0.5, 0.6) is 0 Å². The molecule has 0 aromatic rings. The van der Waals surface area contributed by atoms with Crippen LogP contribution in [0.3, 0.4) is 0 Å². The van der Waals surface area contributed by atoms with E-state index in [9.17, 15) is 0 Å². The van der Waals surface area contributed by atoms with Crippen LogP contribution in [0.2, 0.25) is 0 Å². The van der Waals surface area contributed by atoms with Gasteiger partial charge in [0.25, 0.3) is 0 Å². The third-order valence-electron chi connectivity index (χ3n) is 5.91. The first kappa shape index (κ1) is 18.9. The summed E-state index contributed by atoms with van der Waals surface area (Å²) >= 11 is 2.49. The monoisotopic (exact) mass is 421 g/mol. The van der Waals surface area contributed by atoms with Gasteiger partial charge in [-0.25, -0.2) is 3.11 Å². The number of likely N-dealkylation sites (tertiary alicyclic amines) is 1. The van der Waals surface area contributed by atoms with Gasteiger partial charge < -0.3 is 4.90 Å². The van der Waals surface area contributed by atoms with E-state index in [2.05, 4.69) is 63.6 Å². The predicted molar refractivity (Wildman–Crippen MR) is 104 cm³/mol. The van der Waals surface area contributed by atoms with Crippen molar-refractivity contribution in [3.05, 3.63) is 0 Å². The summed E-state index contributed by atoms with van der Waals surface area (Å²) in [6.07, 6.45) is 6.93. The lowest BCUT2D eigenvalue weighted by atomic mass is 9.91. The summed E-state index contributed by atoms with van der Waals surface area (Å²) in [5.74, 6) is 1.73. The molecule has 0 aromatic carbocycles. The van der Waals surface area contributed by atoms with Crippen molar-refractivity contribution in [3.8, 4) is 0 Å². The van der Waals surface area contributed by atoms with Gasteiger partial charge in [-0.3, -0.25) is 4.90 Å². The van der Waals surface area contributed by atoms with Crippen molar-refractivity contribution < 1.29 is 0 Å². The first-order chi connectivity index (χ1) is 10.5. The van der Waals surface area contributed by atoms with Crippen LogP contribution in [0.15, 0.2) is 0 Å². The smallest absolute Gasteiger partial charge is 0.0209 e. The number of nitrogens with zero attached hydrogens (tertiary/aromatic N) is 3. The number of hydrogen-bond donors (Lipinski definition) is 0. The fourth-order valence-corrected chi connectivity index (χ4v) is 4.73. The van der Waals surface area contributed by atoms with Crippen LogP contribution in [0.4, 0.5) is 0 Å². The molecule has 0 N–H and O–H groups in total. The minimum atomic E-state index is 0.728. The Kier molecular flexibility index (Phi) is 7.91. The van der Waals surface area contributed by atoms with Crippen LogP contribution in [-0.2, 0) is 0 Å². The van der Waals surface area contributed by atoms with Crippen molar-refractivity contribution in [2.45, 2.75) is 65.0 Å². The summed E-state index contributed by atoms with van der Waals surface area (Å²) in [5, 5.41) is 0. The quantitative estimate of drug-likeness (QED) is 0.504. The molecule has 0 bridgehead atoms. The molecule has 2 rings (SSSR count). The molecule has 4 heteroatoms. The Bertz CT molecular complexity index is 323. The molecular formula is C18H36IN3. The van der Waals surface area contributed by atoms with Crippen molar-refractivity contribution in [2.75, 3.05) is 39.8 Å². The molecule has 0 spiro atoms. The highest BCUT2D eigenvalue weighted by atomic mass is 127. The Morgan fingerprint density at radius 2 is 1.77 bits per heavy atom. The van der Waals surface area contributed by atoms with Gasteiger partial charge in [0.2, 0.25) is 0 Å². The highest BCUT2D eigenvalue weighted by Crippen LogP contribution is 2.28. The summed E-state index contributed by atoms with van der Waals surface area (Å²) in [4.78, 5) is 5.41. The average Bonchev–Trinajstić information content (AvgIpc) is 2.78. The molecule has 130 valence electrons. The second-order valence-electron chi connectivity index (χ2n) is 7.91. The largest absolute Gasteiger partial charge is 0.303 e. The molecule has 2 saturated heterocycles. The van der Waals surface area contributed by atoms with E-state index >= 15 is 0 Å². The zero-order valence-corrected chi connectivity index (χ0v) is 17.3. The maximum atomic E-state index is 2.73. The van der Waals surface area contributed by atoms with E-state index in [1.165, 1.54) is 64.8 Å². The van der Waals surface area contributed by atoms with Crippen LogP contribution >= 0.6 is 22.9 Å². The number of halogens is 1. The van der Waals surface area contributed by atoms with E-state index < -0.39 is 0 Å². The van der Waals surface area contributed by atoms with Gasteiger partial charge >= 0.3 is 0 Å². The average molecular weight is 421 g/mol. The molecule has 22 heavy (non-hydrogen) atoms. The number of hydrogen-bond acceptors (Lipinski definition) is 3. The van der Waals surface area contributed by atoms with Gasteiger partial charge in [0, 0.05) is 61.1 Å². The van der Waals surface area contributed by atoms with E-state index in [1.54, 1.807) is 0 Å². The van der Waals surface area contributed by atoms with Crippen molar-refractivity contribution >= 4 is 22.9 Å². The first-order valence-corrected chi connectivity index (χ1v) is 10.3. The molecule has 0 aliphatic carbocycles. The lowest BCUT2D eigenvalue weighted by Gasteiger charge is -2.34. The van der Waals surface area contributed by atoms with Gasteiger partial charge in [-0.15, -0.1) is 0 Å². The van der Waals surface area contributed by atoms with E-state index in [-0.39, 0.29) is 0 Å². The minimum Gasteiger partial charge on any atom is -0.303 e. The van der Waals surface area contributed by atoms with Crippen LogP contribution in [-0.4, -0.2) is 64.8 Å². The molecule has 0 amide bonds. The predicted octanol–water partition coefficient (Wildman–Crippen LogP) is 3.88. The summed E-state index contributed by atoms with van der Waals surface area (Å²) in [7, 11) is 2.37. The molecule has 3 atom stereocenters. The molecule has 3 nitrogen and oxygen atoms in total. The summed E-state index contributed by atoms with van der Waals surface area (Å²) < 4.78 is 2.45. The normalized spacial score (nSPS) is 31.9. The Hall–Kier alpha value is 0.610. The van der Waals surface area contributed by atoms with Crippen LogP contribution < -0.4 is 0 Å². The third kappa shape index (κ3) is 5.60. The molecule has 0 radical (unpaired) electrons. The topological polar surface area (TPSA) is 9.72 Å². The fourth-order valence-electron chi connectivity index (χ4n) is 4.18. The molecule has 2 heterocycles. The van der Waals surface area contributed by atoms with E-state index in [1.807, 2.05) is 0 Å². The van der Waals surface area contributed by atoms with Crippen LogP contribution in [0.1, 0.15) is 52.9 Å². The number of rotatable bonds is 4. The van der Waals surface area contributed by atoms with Gasteiger partial charge in [0.15, 0.2) is 0 Å². The Morgan fingerprint density at radius 3 is 2.50 bits per heavy atom. The van der Waals surface area contributed by atoms with Crippen LogP contribution in [0, 0.1) is 11.8 Å². The zero-order valence-electron chi connectivity index (χ0n) is 15.1. The second kappa shape index (κ2) is 9.19. The summed E-state index contributed by atoms with van der Waals surface area (Å²) in [5.41, 5.74) is 0. The van der Waals surface area contributed by atoms with E-state index in [0.717, 1.165) is 23.9 Å². The van der Waals surface area contributed by atoms with Gasteiger partial charge in [-0.2, -0.15) is 0 Å². The lowest BCUT2D eigenvalue weighted by molar-refractivity contribution is 0.140. The first-order valence-electron chi connectivity index (χ1n) is 9.32. The Labute approximate surface area is 152 Å². The molecule has 2 aliphatic heterocycles. The molecule has 2 fully saturated rings. The summed E-state index contributed by atoms with van der Waals surface area (Å²) in [6.45, 7) is 13.6. The van der Waals surface area contributed by atoms with Gasteiger partial charge in [0.1, 0.15) is 0 Å². The lowest BCUT2D eigenvalue weighted by Crippen LogP contribution is -2.42. The molecule has 3 unspecified atom stereocenters. The zero-order chi connectivity index (χ0) is 16.1. The van der Waals surface area contributed by atoms with Crippen molar-refractivity contribution in [1.82, 2.24) is 12.9 Å². The maximum Gasteiger partial charge on any atom is 0.0209 e. The molecule has 0 aromatic heterocycles. The van der Waals surface area contributed by atoms with Crippen molar-refractivity contribution in [3.63, 3.8) is 0 Å². The minimum absolute atomic E-state index is 0.728. The highest BCUT2D eigenvalue weighted by Gasteiger charge is 2.28. The van der Waals surface area contributed by atoms with Crippen molar-refractivity contribution in [2.24, 2.45) is 11.8 Å². The van der Waals surface area contributed by atoms with Gasteiger partial charge in [-0.1, -0.05) is 20.3 Å². The van der Waals surface area contributed by atoms with Crippen molar-refractivity contribution in [1.29, 1.82) is 0 Å². The Balaban J connectivity index is 1.86. The third-order valence-corrected chi connectivity index (χ3v) is 6.88.